The maximum atomic E-state index is 12.2. The van der Waals surface area contributed by atoms with Gasteiger partial charge in [0.25, 0.3) is 5.91 Å². The minimum absolute atomic E-state index is 0.0750. The van der Waals surface area contributed by atoms with Gasteiger partial charge in [-0.3, -0.25) is 19.9 Å². The first-order chi connectivity index (χ1) is 14.3. The second-order valence-electron chi connectivity index (χ2n) is 6.68. The van der Waals surface area contributed by atoms with E-state index in [0.717, 1.165) is 17.4 Å². The summed E-state index contributed by atoms with van der Waals surface area (Å²) in [4.78, 5) is 29.2. The Morgan fingerprint density at radius 2 is 1.83 bits per heavy atom. The van der Waals surface area contributed by atoms with Crippen LogP contribution >= 0.6 is 0 Å². The van der Waals surface area contributed by atoms with Crippen molar-refractivity contribution < 1.29 is 28.0 Å². The molecule has 156 valence electrons. The van der Waals surface area contributed by atoms with E-state index in [0.29, 0.717) is 5.69 Å². The van der Waals surface area contributed by atoms with Crippen LogP contribution < -0.4 is 10.4 Å². The van der Waals surface area contributed by atoms with E-state index < -0.39 is 33.2 Å². The zero-order chi connectivity index (χ0) is 21.7. The maximum Gasteiger partial charge on any atom is 0.414 e. The molecule has 1 fully saturated rings. The van der Waals surface area contributed by atoms with Crippen molar-refractivity contribution in [2.75, 3.05) is 17.7 Å². The first-order valence-corrected chi connectivity index (χ1v) is 10.9. The van der Waals surface area contributed by atoms with Crippen molar-refractivity contribution in [1.82, 2.24) is 10.5 Å². The van der Waals surface area contributed by atoms with E-state index in [-0.39, 0.29) is 13.0 Å². The molecule has 2 heterocycles. The van der Waals surface area contributed by atoms with E-state index in [1.165, 1.54) is 10.4 Å². The molecule has 30 heavy (non-hydrogen) atoms. The van der Waals surface area contributed by atoms with Gasteiger partial charge in [-0.1, -0.05) is 11.8 Å². The number of sulfone groups is 1. The van der Waals surface area contributed by atoms with Gasteiger partial charge < -0.3 is 4.74 Å². The van der Waals surface area contributed by atoms with Crippen LogP contribution in [-0.2, 0) is 19.4 Å². The third-order valence-electron chi connectivity index (χ3n) is 4.48. The number of rotatable bonds is 5. The Hall–Kier alpha value is -3.42. The molecule has 1 saturated heterocycles. The highest BCUT2D eigenvalue weighted by Crippen LogP contribution is 2.25. The number of amides is 2. The molecule has 1 aliphatic heterocycles. The molecule has 2 amide bonds. The van der Waals surface area contributed by atoms with Crippen molar-refractivity contribution in [1.29, 1.82) is 0 Å². The van der Waals surface area contributed by atoms with Crippen LogP contribution in [0, 0.1) is 11.8 Å². The number of hydroxylamine groups is 1. The Labute approximate surface area is 173 Å². The van der Waals surface area contributed by atoms with Crippen LogP contribution in [0.5, 0.6) is 0 Å². The van der Waals surface area contributed by atoms with Gasteiger partial charge in [-0.15, -0.1) is 0 Å². The summed E-state index contributed by atoms with van der Waals surface area (Å²) in [5.41, 5.74) is 3.47. The minimum Gasteiger partial charge on any atom is -0.444 e. The second kappa shape index (κ2) is 8.94. The fourth-order valence-corrected chi connectivity index (χ4v) is 3.95. The molecule has 0 saturated carbocycles. The molecule has 0 bridgehead atoms. The largest absolute Gasteiger partial charge is 0.444 e. The molecule has 1 aliphatic rings. The summed E-state index contributed by atoms with van der Waals surface area (Å²) >= 11 is 0. The molecule has 10 heteroatoms. The number of carbonyl (C=O) groups excluding carboxylic acids is 2. The summed E-state index contributed by atoms with van der Waals surface area (Å²) in [6, 6.07) is 10.5. The van der Waals surface area contributed by atoms with E-state index >= 15 is 0 Å². The third kappa shape index (κ3) is 5.14. The number of nitrogens with one attached hydrogen (secondary N) is 1. The summed E-state index contributed by atoms with van der Waals surface area (Å²) < 4.78 is 28.8. The molecular formula is C20H19N3O6S. The summed E-state index contributed by atoms with van der Waals surface area (Å²) in [5.74, 6) is 4.95. The summed E-state index contributed by atoms with van der Waals surface area (Å²) in [6.07, 6.45) is 2.46. The van der Waals surface area contributed by atoms with Crippen molar-refractivity contribution in [2.24, 2.45) is 0 Å². The van der Waals surface area contributed by atoms with Gasteiger partial charge in [0.05, 0.1) is 6.54 Å². The molecule has 1 aromatic carbocycles. The second-order valence-corrected chi connectivity index (χ2v) is 8.91. The van der Waals surface area contributed by atoms with Crippen LogP contribution in [0.15, 0.2) is 48.8 Å². The quantitative estimate of drug-likeness (QED) is 0.414. The Morgan fingerprint density at radius 1 is 1.23 bits per heavy atom. The number of nitrogens with zero attached hydrogens (tertiary/aromatic N) is 2. The van der Waals surface area contributed by atoms with Crippen molar-refractivity contribution in [2.45, 2.75) is 17.8 Å². The SMILES string of the molecule is CS(=O)(=O)C(CC1CN(c2ccc(C#Cc3ccncc3)cc2)C(=O)O1)C(=O)NO. The van der Waals surface area contributed by atoms with E-state index in [1.807, 2.05) is 0 Å². The Kier molecular flexibility index (Phi) is 6.34. The number of aromatic nitrogens is 1. The van der Waals surface area contributed by atoms with Gasteiger partial charge in [0.2, 0.25) is 0 Å². The lowest BCUT2D eigenvalue weighted by atomic mass is 10.1. The molecule has 2 unspecified atom stereocenters. The molecule has 1 aromatic heterocycles. The molecule has 0 spiro atoms. The van der Waals surface area contributed by atoms with E-state index in [1.54, 1.807) is 48.8 Å². The summed E-state index contributed by atoms with van der Waals surface area (Å²) in [7, 11) is -3.80. The van der Waals surface area contributed by atoms with Crippen LogP contribution in [0.3, 0.4) is 0 Å². The topological polar surface area (TPSA) is 126 Å². The van der Waals surface area contributed by atoms with Crippen molar-refractivity contribution >= 4 is 27.5 Å². The number of ether oxygens (including phenoxy) is 1. The Bertz CT molecular complexity index is 1090. The van der Waals surface area contributed by atoms with Crippen LogP contribution in [-0.4, -0.2) is 54.8 Å². The first kappa shape index (κ1) is 21.3. The molecule has 0 aliphatic carbocycles. The van der Waals surface area contributed by atoms with Gasteiger partial charge >= 0.3 is 6.09 Å². The highest BCUT2D eigenvalue weighted by Gasteiger charge is 2.39. The number of benzene rings is 1. The van der Waals surface area contributed by atoms with Gasteiger partial charge in [-0.05, 0) is 36.4 Å². The van der Waals surface area contributed by atoms with Crippen LogP contribution in [0.2, 0.25) is 0 Å². The van der Waals surface area contributed by atoms with Crippen molar-refractivity contribution in [3.05, 3.63) is 59.9 Å². The first-order valence-electron chi connectivity index (χ1n) is 8.91. The van der Waals surface area contributed by atoms with Crippen molar-refractivity contribution in [3.8, 4) is 11.8 Å². The predicted molar refractivity (Wildman–Crippen MR) is 107 cm³/mol. The Balaban J connectivity index is 1.69. The minimum atomic E-state index is -3.80. The summed E-state index contributed by atoms with van der Waals surface area (Å²) in [5, 5.41) is 7.25. The molecule has 3 rings (SSSR count). The molecule has 0 radical (unpaired) electrons. The monoisotopic (exact) mass is 429 g/mol. The molecule has 9 nitrogen and oxygen atoms in total. The molecular weight excluding hydrogens is 410 g/mol. The molecule has 2 aromatic rings. The van der Waals surface area contributed by atoms with E-state index in [4.69, 9.17) is 9.94 Å². The van der Waals surface area contributed by atoms with Gasteiger partial charge in [-0.2, -0.15) is 0 Å². The third-order valence-corrected chi connectivity index (χ3v) is 5.92. The fraction of sp³-hybridized carbons (Fsp3) is 0.250. The molecule has 2 atom stereocenters. The normalized spacial score (nSPS) is 16.9. The highest BCUT2D eigenvalue weighted by atomic mass is 32.2. The van der Waals surface area contributed by atoms with Gasteiger partial charge in [0.1, 0.15) is 11.4 Å². The van der Waals surface area contributed by atoms with Gasteiger partial charge in [0.15, 0.2) is 9.84 Å². The predicted octanol–water partition coefficient (Wildman–Crippen LogP) is 1.12. The number of pyridine rings is 1. The Morgan fingerprint density at radius 3 is 2.40 bits per heavy atom. The number of anilines is 1. The average Bonchev–Trinajstić information content (AvgIpc) is 3.10. The zero-order valence-corrected chi connectivity index (χ0v) is 16.8. The molecule has 2 N–H and O–H groups in total. The van der Waals surface area contributed by atoms with Gasteiger partial charge in [0, 0.05) is 41.9 Å². The van der Waals surface area contributed by atoms with E-state index in [9.17, 15) is 18.0 Å². The van der Waals surface area contributed by atoms with Crippen LogP contribution in [0.4, 0.5) is 10.5 Å². The van der Waals surface area contributed by atoms with Crippen LogP contribution in [0.1, 0.15) is 17.5 Å². The lowest BCUT2D eigenvalue weighted by molar-refractivity contribution is -0.129. The lowest BCUT2D eigenvalue weighted by Crippen LogP contribution is -2.40. The van der Waals surface area contributed by atoms with Crippen molar-refractivity contribution in [3.63, 3.8) is 0 Å². The summed E-state index contributed by atoms with van der Waals surface area (Å²) in [6.45, 7) is 0.0750. The highest BCUT2D eigenvalue weighted by molar-refractivity contribution is 7.92. The number of cyclic esters (lactones) is 1. The fourth-order valence-electron chi connectivity index (χ4n) is 2.95. The van der Waals surface area contributed by atoms with Gasteiger partial charge in [-0.25, -0.2) is 18.7 Å². The number of hydrogen-bond acceptors (Lipinski definition) is 7. The zero-order valence-electron chi connectivity index (χ0n) is 16.0. The standard InChI is InChI=1S/C20H19N3O6S/c1-30(27,28)18(19(24)22-26)12-17-13-23(20(25)29-17)16-6-4-14(5-7-16)2-3-15-8-10-21-11-9-15/h4-11,17-18,26H,12-13H2,1H3,(H,22,24). The number of hydrogen-bond donors (Lipinski definition) is 2. The average molecular weight is 429 g/mol. The smallest absolute Gasteiger partial charge is 0.414 e. The lowest BCUT2D eigenvalue weighted by Gasteiger charge is -2.16. The van der Waals surface area contributed by atoms with Crippen LogP contribution in [0.25, 0.3) is 0 Å². The van der Waals surface area contributed by atoms with E-state index in [2.05, 4.69) is 16.8 Å². The number of carbonyl (C=O) groups is 2. The maximum absolute atomic E-state index is 12.2.